The third kappa shape index (κ3) is 10.3. The SMILES string of the molecule is CC(C)(C)OC(=O)c1cc(S(=O)(=O)NC(=O)Nc2cc(Cl)ccc2C(=O)OCc2ccccc2)ccc1NC(=O)OCc1ccccc1. The van der Waals surface area contributed by atoms with E-state index in [0.717, 1.165) is 29.3 Å². The van der Waals surface area contributed by atoms with E-state index in [9.17, 15) is 27.6 Å². The van der Waals surface area contributed by atoms with Crippen LogP contribution in [-0.2, 0) is 37.4 Å². The van der Waals surface area contributed by atoms with Gasteiger partial charge in [-0.15, -0.1) is 0 Å². The second-order valence-corrected chi connectivity index (χ2v) is 13.3. The minimum atomic E-state index is -4.62. The quantitative estimate of drug-likeness (QED) is 0.118. The number of ether oxygens (including phenoxy) is 3. The largest absolute Gasteiger partial charge is 0.457 e. The van der Waals surface area contributed by atoms with E-state index in [2.05, 4.69) is 10.6 Å². The topological polar surface area (TPSA) is 166 Å². The molecular formula is C34H32ClN3O9S. The molecule has 0 atom stereocenters. The molecule has 48 heavy (non-hydrogen) atoms. The van der Waals surface area contributed by atoms with Crippen molar-refractivity contribution in [3.8, 4) is 0 Å². The van der Waals surface area contributed by atoms with Crippen LogP contribution < -0.4 is 15.4 Å². The van der Waals surface area contributed by atoms with Crippen molar-refractivity contribution in [3.05, 3.63) is 124 Å². The van der Waals surface area contributed by atoms with Gasteiger partial charge in [0.25, 0.3) is 10.0 Å². The average molecular weight is 694 g/mol. The van der Waals surface area contributed by atoms with Gasteiger partial charge >= 0.3 is 24.1 Å². The smallest absolute Gasteiger partial charge is 0.411 e. The third-order valence-corrected chi connectivity index (χ3v) is 7.82. The molecule has 3 amide bonds. The maximum atomic E-state index is 13.3. The van der Waals surface area contributed by atoms with Crippen molar-refractivity contribution in [2.75, 3.05) is 10.6 Å². The molecule has 0 heterocycles. The van der Waals surface area contributed by atoms with Gasteiger partial charge in [0.2, 0.25) is 0 Å². The fourth-order valence-electron chi connectivity index (χ4n) is 4.10. The molecule has 0 aliphatic rings. The predicted molar refractivity (Wildman–Crippen MR) is 178 cm³/mol. The van der Waals surface area contributed by atoms with E-state index < -0.39 is 44.6 Å². The number of carbonyl (C=O) groups is 4. The summed E-state index contributed by atoms with van der Waals surface area (Å²) in [5.74, 6) is -1.74. The lowest BCUT2D eigenvalue weighted by molar-refractivity contribution is 0.00701. The molecular weight excluding hydrogens is 662 g/mol. The van der Waals surface area contributed by atoms with Crippen LogP contribution in [0.15, 0.2) is 102 Å². The Hall–Kier alpha value is -5.40. The predicted octanol–water partition coefficient (Wildman–Crippen LogP) is 6.91. The van der Waals surface area contributed by atoms with Gasteiger partial charge in [-0.3, -0.25) is 5.32 Å². The molecule has 12 nitrogen and oxygen atoms in total. The number of benzene rings is 4. The maximum absolute atomic E-state index is 13.3. The zero-order valence-electron chi connectivity index (χ0n) is 26.1. The fourth-order valence-corrected chi connectivity index (χ4v) is 5.20. The molecule has 3 N–H and O–H groups in total. The highest BCUT2D eigenvalue weighted by Crippen LogP contribution is 2.26. The minimum Gasteiger partial charge on any atom is -0.457 e. The zero-order valence-corrected chi connectivity index (χ0v) is 27.7. The first-order valence-electron chi connectivity index (χ1n) is 14.4. The first kappa shape index (κ1) is 35.5. The molecule has 0 aliphatic carbocycles. The highest BCUT2D eigenvalue weighted by Gasteiger charge is 2.26. The lowest BCUT2D eigenvalue weighted by atomic mass is 10.1. The number of halogens is 1. The molecule has 0 radical (unpaired) electrons. The Morgan fingerprint density at radius 1 is 0.688 bits per heavy atom. The van der Waals surface area contributed by atoms with E-state index >= 15 is 0 Å². The van der Waals surface area contributed by atoms with Crippen molar-refractivity contribution in [2.45, 2.75) is 44.5 Å². The van der Waals surface area contributed by atoms with E-state index in [1.807, 2.05) is 16.9 Å². The molecule has 0 aliphatic heterocycles. The number of rotatable bonds is 10. The van der Waals surface area contributed by atoms with Gasteiger partial charge < -0.3 is 19.5 Å². The molecule has 0 saturated carbocycles. The van der Waals surface area contributed by atoms with Gasteiger partial charge in [-0.25, -0.2) is 32.3 Å². The van der Waals surface area contributed by atoms with Crippen molar-refractivity contribution in [3.63, 3.8) is 0 Å². The number of hydrogen-bond donors (Lipinski definition) is 3. The summed E-state index contributed by atoms with van der Waals surface area (Å²) in [6.45, 7) is 4.73. The molecule has 4 aromatic carbocycles. The van der Waals surface area contributed by atoms with E-state index in [0.29, 0.717) is 0 Å². The molecule has 0 fully saturated rings. The molecule has 14 heteroatoms. The molecule has 0 bridgehead atoms. The molecule has 0 unspecified atom stereocenters. The molecule has 4 rings (SSSR count). The molecule has 0 saturated heterocycles. The van der Waals surface area contributed by atoms with Gasteiger partial charge in [-0.1, -0.05) is 72.3 Å². The third-order valence-electron chi connectivity index (χ3n) is 6.26. The average Bonchev–Trinajstić information content (AvgIpc) is 3.02. The Bertz CT molecular complexity index is 1910. The van der Waals surface area contributed by atoms with Crippen molar-refractivity contribution < 1.29 is 41.8 Å². The van der Waals surface area contributed by atoms with E-state index in [4.69, 9.17) is 25.8 Å². The van der Waals surface area contributed by atoms with Crippen LogP contribution in [0.1, 0.15) is 52.6 Å². The van der Waals surface area contributed by atoms with Gasteiger partial charge in [-0.05, 0) is 68.3 Å². The number of urea groups is 1. The number of esters is 2. The summed E-state index contributed by atoms with van der Waals surface area (Å²) in [6, 6.07) is 23.7. The summed E-state index contributed by atoms with van der Waals surface area (Å²) in [6.07, 6.45) is -0.906. The van der Waals surface area contributed by atoms with Crippen LogP contribution in [0.25, 0.3) is 0 Å². The monoisotopic (exact) mass is 693 g/mol. The lowest BCUT2D eigenvalue weighted by Gasteiger charge is -2.21. The normalized spacial score (nSPS) is 11.2. The highest BCUT2D eigenvalue weighted by molar-refractivity contribution is 7.90. The number of amides is 3. The van der Waals surface area contributed by atoms with Crippen LogP contribution >= 0.6 is 11.6 Å². The highest BCUT2D eigenvalue weighted by atomic mass is 35.5. The fraction of sp³-hybridized carbons (Fsp3) is 0.176. The number of anilines is 2. The van der Waals surface area contributed by atoms with E-state index in [1.54, 1.807) is 69.3 Å². The maximum Gasteiger partial charge on any atom is 0.411 e. The Balaban J connectivity index is 1.51. The van der Waals surface area contributed by atoms with Crippen molar-refractivity contribution in [2.24, 2.45) is 0 Å². The summed E-state index contributed by atoms with van der Waals surface area (Å²) in [4.78, 5) is 50.9. The second-order valence-electron chi connectivity index (χ2n) is 11.2. The van der Waals surface area contributed by atoms with Gasteiger partial charge in [0.1, 0.15) is 18.8 Å². The first-order chi connectivity index (χ1) is 22.7. The van der Waals surface area contributed by atoms with E-state index in [1.165, 1.54) is 18.2 Å². The van der Waals surface area contributed by atoms with Crippen LogP contribution in [-0.4, -0.2) is 38.1 Å². The van der Waals surface area contributed by atoms with Crippen LogP contribution in [0.3, 0.4) is 0 Å². The van der Waals surface area contributed by atoms with Crippen molar-refractivity contribution in [1.29, 1.82) is 0 Å². The summed E-state index contributed by atoms with van der Waals surface area (Å²) in [7, 11) is -4.62. The Labute approximate surface area is 282 Å². The van der Waals surface area contributed by atoms with Crippen LogP contribution in [0, 0.1) is 0 Å². The van der Waals surface area contributed by atoms with Gasteiger partial charge in [0, 0.05) is 5.02 Å². The van der Waals surface area contributed by atoms with Crippen LogP contribution in [0.2, 0.25) is 5.02 Å². The summed E-state index contributed by atoms with van der Waals surface area (Å²) < 4.78 is 44.4. The first-order valence-corrected chi connectivity index (χ1v) is 16.3. The van der Waals surface area contributed by atoms with Crippen LogP contribution in [0.4, 0.5) is 21.0 Å². The molecule has 0 spiro atoms. The Morgan fingerprint density at radius 3 is 1.90 bits per heavy atom. The number of nitrogens with one attached hydrogen (secondary N) is 3. The number of carbonyl (C=O) groups excluding carboxylic acids is 4. The van der Waals surface area contributed by atoms with Gasteiger partial charge in [0.15, 0.2) is 0 Å². The summed E-state index contributed by atoms with van der Waals surface area (Å²) in [5.41, 5.74) is -0.118. The summed E-state index contributed by atoms with van der Waals surface area (Å²) >= 11 is 6.08. The van der Waals surface area contributed by atoms with E-state index in [-0.39, 0.29) is 40.7 Å². The minimum absolute atomic E-state index is 0.0438. The van der Waals surface area contributed by atoms with Gasteiger partial charge in [0.05, 0.1) is 27.4 Å². The molecule has 0 aromatic heterocycles. The molecule has 4 aromatic rings. The Morgan fingerprint density at radius 2 is 1.29 bits per heavy atom. The standard InChI is InChI=1S/C34H32ClN3O9S/c1-34(2,3)47-31(40)27-19-25(15-17-28(27)37-33(42)46-21-23-12-8-5-9-13-23)48(43,44)38-32(41)36-29-18-24(35)14-16-26(29)30(39)45-20-22-10-6-4-7-11-22/h4-19H,20-21H2,1-3H3,(H,37,42)(H2,36,38,41). The number of sulfonamides is 1. The van der Waals surface area contributed by atoms with Crippen molar-refractivity contribution in [1.82, 2.24) is 4.72 Å². The van der Waals surface area contributed by atoms with Gasteiger partial charge in [-0.2, -0.15) is 0 Å². The summed E-state index contributed by atoms with van der Waals surface area (Å²) in [5, 5.41) is 4.89. The lowest BCUT2D eigenvalue weighted by Crippen LogP contribution is -2.35. The second kappa shape index (κ2) is 15.5. The van der Waals surface area contributed by atoms with Crippen LogP contribution in [0.5, 0.6) is 0 Å². The Kier molecular flexibility index (Phi) is 11.4. The molecule has 250 valence electrons. The van der Waals surface area contributed by atoms with Crippen molar-refractivity contribution >= 4 is 57.1 Å². The zero-order chi connectivity index (χ0) is 34.9. The number of hydrogen-bond acceptors (Lipinski definition) is 9.